The Morgan fingerprint density at radius 3 is 2.45 bits per heavy atom. The maximum atomic E-state index is 12.7. The van der Waals surface area contributed by atoms with E-state index in [2.05, 4.69) is 0 Å². The van der Waals surface area contributed by atoms with Gasteiger partial charge in [0.15, 0.2) is 0 Å². The second-order valence-corrected chi connectivity index (χ2v) is 5.45. The van der Waals surface area contributed by atoms with E-state index in [1.807, 2.05) is 13.8 Å². The summed E-state index contributed by atoms with van der Waals surface area (Å²) >= 11 is 5.73. The molecule has 1 heterocycles. The lowest BCUT2D eigenvalue weighted by atomic mass is 9.90. The zero-order valence-corrected chi connectivity index (χ0v) is 13.8. The second kappa shape index (κ2) is 7.86. The summed E-state index contributed by atoms with van der Waals surface area (Å²) in [5.74, 6) is 0.0418. The number of carbonyl (C=O) groups is 1. The molecule has 0 spiro atoms. The molecule has 1 atom stereocenters. The molecule has 1 amide bonds. The number of alkyl halides is 3. The van der Waals surface area contributed by atoms with Gasteiger partial charge in [-0.3, -0.25) is 4.79 Å². The van der Waals surface area contributed by atoms with Gasteiger partial charge < -0.3 is 4.90 Å². The molecule has 0 N–H and O–H groups in total. The van der Waals surface area contributed by atoms with Gasteiger partial charge in [-0.25, -0.2) is 0 Å². The number of amides is 1. The Morgan fingerprint density at radius 1 is 1.32 bits per heavy atom. The van der Waals surface area contributed by atoms with Gasteiger partial charge in [0, 0.05) is 25.9 Å². The highest BCUT2D eigenvalue weighted by atomic mass is 35.5. The third kappa shape index (κ3) is 4.63. The molecule has 2 nitrogen and oxygen atoms in total. The maximum absolute atomic E-state index is 12.7. The van der Waals surface area contributed by atoms with E-state index >= 15 is 0 Å². The SMILES string of the molecule is CC.CC(=O)N1CCCC(c2ccc(C(F)(F)F)c(Cl)c2)C1. The zero-order chi connectivity index (χ0) is 16.9. The standard InChI is InChI=1S/C14H15ClF3NO.C2H6/c1-9(20)19-6-2-3-11(8-19)10-4-5-12(13(15)7-10)14(16,17)18;1-2/h4-5,7,11H,2-3,6,8H2,1H3;1-2H3. The molecule has 1 unspecified atom stereocenters. The normalized spacial score (nSPS) is 18.5. The average Bonchev–Trinajstić information content (AvgIpc) is 2.48. The van der Waals surface area contributed by atoms with E-state index in [1.165, 1.54) is 19.1 Å². The first-order chi connectivity index (χ1) is 10.3. The first-order valence-corrected chi connectivity index (χ1v) is 7.79. The van der Waals surface area contributed by atoms with Crippen LogP contribution in [0.1, 0.15) is 50.7 Å². The van der Waals surface area contributed by atoms with Crippen molar-refractivity contribution in [1.29, 1.82) is 0 Å². The van der Waals surface area contributed by atoms with Gasteiger partial charge in [-0.2, -0.15) is 13.2 Å². The number of benzene rings is 1. The van der Waals surface area contributed by atoms with Crippen molar-refractivity contribution in [3.8, 4) is 0 Å². The summed E-state index contributed by atoms with van der Waals surface area (Å²) < 4.78 is 38.0. The number of hydrogen-bond acceptors (Lipinski definition) is 1. The maximum Gasteiger partial charge on any atom is 0.417 e. The molecular formula is C16H21ClF3NO. The molecule has 0 saturated carbocycles. The predicted molar refractivity (Wildman–Crippen MR) is 82.0 cm³/mol. The summed E-state index contributed by atoms with van der Waals surface area (Å²) in [6, 6.07) is 3.85. The van der Waals surface area contributed by atoms with Gasteiger partial charge in [0.05, 0.1) is 10.6 Å². The summed E-state index contributed by atoms with van der Waals surface area (Å²) in [6.07, 6.45) is -2.73. The van der Waals surface area contributed by atoms with Gasteiger partial charge in [0.1, 0.15) is 0 Å². The van der Waals surface area contributed by atoms with Crippen LogP contribution in [-0.4, -0.2) is 23.9 Å². The average molecular weight is 336 g/mol. The van der Waals surface area contributed by atoms with Gasteiger partial charge in [-0.1, -0.05) is 31.5 Å². The van der Waals surface area contributed by atoms with Crippen LogP contribution in [-0.2, 0) is 11.0 Å². The Morgan fingerprint density at radius 2 is 1.95 bits per heavy atom. The van der Waals surface area contributed by atoms with Gasteiger partial charge in [0.25, 0.3) is 0 Å². The Labute approximate surface area is 134 Å². The molecule has 1 aliphatic rings. The second-order valence-electron chi connectivity index (χ2n) is 5.04. The topological polar surface area (TPSA) is 20.3 Å². The van der Waals surface area contributed by atoms with Crippen molar-refractivity contribution in [1.82, 2.24) is 4.90 Å². The molecule has 1 fully saturated rings. The van der Waals surface area contributed by atoms with Crippen molar-refractivity contribution in [2.45, 2.75) is 45.7 Å². The minimum absolute atomic E-state index is 0.00675. The Kier molecular flexibility index (Phi) is 6.72. The largest absolute Gasteiger partial charge is 0.417 e. The molecule has 0 aromatic heterocycles. The first kappa shape index (κ1) is 18.8. The molecule has 1 aliphatic heterocycles. The van der Waals surface area contributed by atoms with Crippen molar-refractivity contribution in [2.24, 2.45) is 0 Å². The van der Waals surface area contributed by atoms with E-state index < -0.39 is 11.7 Å². The summed E-state index contributed by atoms with van der Waals surface area (Å²) in [5, 5.41) is -0.282. The molecule has 6 heteroatoms. The van der Waals surface area contributed by atoms with Crippen LogP contribution in [0.3, 0.4) is 0 Å². The quantitative estimate of drug-likeness (QED) is 0.698. The predicted octanol–water partition coefficient (Wildman–Crippen LogP) is 5.11. The number of hydrogen-bond donors (Lipinski definition) is 0. The van der Waals surface area contributed by atoms with Crippen LogP contribution in [0.2, 0.25) is 5.02 Å². The van der Waals surface area contributed by atoms with Gasteiger partial charge >= 0.3 is 6.18 Å². The smallest absolute Gasteiger partial charge is 0.342 e. The zero-order valence-electron chi connectivity index (χ0n) is 13.0. The lowest BCUT2D eigenvalue weighted by Gasteiger charge is -2.32. The van der Waals surface area contributed by atoms with Crippen molar-refractivity contribution in [3.05, 3.63) is 34.3 Å². The third-order valence-corrected chi connectivity index (χ3v) is 3.95. The van der Waals surface area contributed by atoms with Crippen molar-refractivity contribution in [3.63, 3.8) is 0 Å². The highest BCUT2D eigenvalue weighted by Gasteiger charge is 2.33. The molecule has 0 aliphatic carbocycles. The number of halogens is 4. The first-order valence-electron chi connectivity index (χ1n) is 7.41. The van der Waals surface area contributed by atoms with E-state index in [1.54, 1.807) is 4.90 Å². The van der Waals surface area contributed by atoms with Crippen LogP contribution >= 0.6 is 11.6 Å². The van der Waals surface area contributed by atoms with Crippen LogP contribution in [0.5, 0.6) is 0 Å². The minimum Gasteiger partial charge on any atom is -0.342 e. The number of carbonyl (C=O) groups excluding carboxylic acids is 1. The molecule has 1 aromatic carbocycles. The lowest BCUT2D eigenvalue weighted by Crippen LogP contribution is -2.37. The molecule has 124 valence electrons. The van der Waals surface area contributed by atoms with Crippen LogP contribution in [0, 0.1) is 0 Å². The molecular weight excluding hydrogens is 315 g/mol. The summed E-state index contributed by atoms with van der Waals surface area (Å²) in [7, 11) is 0. The summed E-state index contributed by atoms with van der Waals surface area (Å²) in [4.78, 5) is 13.1. The van der Waals surface area contributed by atoms with Crippen LogP contribution < -0.4 is 0 Å². The number of nitrogens with zero attached hydrogens (tertiary/aromatic N) is 1. The third-order valence-electron chi connectivity index (χ3n) is 3.64. The summed E-state index contributed by atoms with van der Waals surface area (Å²) in [5.41, 5.74) is -0.0592. The highest BCUT2D eigenvalue weighted by Crippen LogP contribution is 2.37. The number of rotatable bonds is 1. The Balaban J connectivity index is 0.00000116. The van der Waals surface area contributed by atoms with Crippen LogP contribution in [0.15, 0.2) is 18.2 Å². The highest BCUT2D eigenvalue weighted by molar-refractivity contribution is 6.31. The van der Waals surface area contributed by atoms with Gasteiger partial charge in [0.2, 0.25) is 5.91 Å². The van der Waals surface area contributed by atoms with Crippen LogP contribution in [0.4, 0.5) is 13.2 Å². The van der Waals surface area contributed by atoms with Crippen molar-refractivity contribution in [2.75, 3.05) is 13.1 Å². The lowest BCUT2D eigenvalue weighted by molar-refractivity contribution is -0.137. The molecule has 1 saturated heterocycles. The molecule has 0 bridgehead atoms. The van der Waals surface area contributed by atoms with Gasteiger partial charge in [-0.05, 0) is 30.5 Å². The molecule has 1 aromatic rings. The fraction of sp³-hybridized carbons (Fsp3) is 0.562. The van der Waals surface area contributed by atoms with Crippen LogP contribution in [0.25, 0.3) is 0 Å². The van der Waals surface area contributed by atoms with Crippen molar-refractivity contribution < 1.29 is 18.0 Å². The monoisotopic (exact) mass is 335 g/mol. The van der Waals surface area contributed by atoms with E-state index in [0.717, 1.165) is 24.5 Å². The van der Waals surface area contributed by atoms with Crippen molar-refractivity contribution >= 4 is 17.5 Å². The molecule has 2 rings (SSSR count). The Hall–Kier alpha value is -1.23. The summed E-state index contributed by atoms with van der Waals surface area (Å²) in [6.45, 7) is 6.75. The fourth-order valence-corrected chi connectivity index (χ4v) is 2.85. The number of piperidine rings is 1. The van der Waals surface area contributed by atoms with E-state index in [9.17, 15) is 18.0 Å². The minimum atomic E-state index is -4.44. The van der Waals surface area contributed by atoms with E-state index in [0.29, 0.717) is 13.1 Å². The van der Waals surface area contributed by atoms with Gasteiger partial charge in [-0.15, -0.1) is 0 Å². The molecule has 0 radical (unpaired) electrons. The Bertz CT molecular complexity index is 517. The van der Waals surface area contributed by atoms with E-state index in [-0.39, 0.29) is 16.8 Å². The fourth-order valence-electron chi connectivity index (χ4n) is 2.55. The van der Waals surface area contributed by atoms with E-state index in [4.69, 9.17) is 11.6 Å². The molecule has 22 heavy (non-hydrogen) atoms. The number of likely N-dealkylation sites (tertiary alicyclic amines) is 1.